The van der Waals surface area contributed by atoms with Crippen LogP contribution in [0.5, 0.6) is 0 Å². The third kappa shape index (κ3) is 425. The first kappa shape index (κ1) is 22.5. The highest BCUT2D eigenvalue weighted by Gasteiger charge is 1.73. The van der Waals surface area contributed by atoms with E-state index in [1.54, 1.807) is 0 Å². The molecule has 0 heterocycles. The van der Waals surface area contributed by atoms with Crippen molar-refractivity contribution in [2.75, 3.05) is 0 Å². The summed E-state index contributed by atoms with van der Waals surface area (Å²) in [5.74, 6) is -0.322. The van der Waals surface area contributed by atoms with Crippen LogP contribution in [-0.4, -0.2) is 22.3 Å². The molecule has 9 heteroatoms. The third-order valence-electron chi connectivity index (χ3n) is 0.191. The number of carbonyl (C=O) groups is 1. The van der Waals surface area contributed by atoms with Crippen molar-refractivity contribution >= 4 is 12.1 Å². The molecule has 0 amide bonds. The van der Waals surface area contributed by atoms with Gasteiger partial charge in [-0.3, -0.25) is 10.7 Å². The topological polar surface area (TPSA) is 213 Å². The molecule has 0 aromatic heterocycles. The van der Waals surface area contributed by atoms with Crippen molar-refractivity contribution in [3.63, 3.8) is 0 Å². The summed E-state index contributed by atoms with van der Waals surface area (Å²) < 4.78 is 0. The van der Waals surface area contributed by atoms with Gasteiger partial charge in [-0.25, -0.2) is 4.79 Å². The molecule has 0 radical (unpaired) electrons. The van der Waals surface area contributed by atoms with Gasteiger partial charge < -0.3 is 28.2 Å². The first-order chi connectivity index (χ1) is 4.50. The molecular weight excluding hydrogens is 168 g/mol. The maximum Gasteiger partial charge on any atom is 0.503 e. The second-order valence-corrected chi connectivity index (χ2v) is 0.933. The normalized spacial score (nSPS) is 4.92. The first-order valence-corrected chi connectivity index (χ1v) is 1.91. The van der Waals surface area contributed by atoms with Gasteiger partial charge in [-0.15, -0.1) is 0 Å². The van der Waals surface area contributed by atoms with Crippen LogP contribution in [0.2, 0.25) is 0 Å². The summed E-state index contributed by atoms with van der Waals surface area (Å²) >= 11 is 0. The van der Waals surface area contributed by atoms with Crippen LogP contribution in [0.15, 0.2) is 0 Å². The second-order valence-electron chi connectivity index (χ2n) is 0.933. The summed E-state index contributed by atoms with van der Waals surface area (Å²) in [6, 6.07) is 0. The minimum Gasteiger partial charge on any atom is -0.450 e. The summed E-state index contributed by atoms with van der Waals surface area (Å²) in [4.78, 5) is 8.56. The predicted molar refractivity (Wildman–Crippen MR) is 41.4 cm³/mol. The molecule has 0 aromatic rings. The van der Waals surface area contributed by atoms with Crippen LogP contribution in [0.4, 0.5) is 4.79 Å². The van der Waals surface area contributed by atoms with Gasteiger partial charge in [-0.1, -0.05) is 0 Å². The Kier molecular flexibility index (Phi) is 30.0. The lowest BCUT2D eigenvalue weighted by atomic mass is 11.0. The molecule has 0 bridgehead atoms. The van der Waals surface area contributed by atoms with Gasteiger partial charge in [-0.05, 0) is 0 Å². The molecule has 0 unspecified atom stereocenters. The van der Waals surface area contributed by atoms with E-state index in [4.69, 9.17) is 25.7 Å². The molecule has 0 saturated carbocycles. The number of carboxylic acid groups (broad SMARTS) is 2. The molecule has 0 aliphatic rings. The quantitative estimate of drug-likeness (QED) is 0.111. The maximum atomic E-state index is 8.56. The zero-order chi connectivity index (χ0) is 8.57. The molecule has 0 saturated heterocycles. The number of rotatable bonds is 0. The molecule has 0 fully saturated rings. The Bertz CT molecular complexity index is 158. The molecule has 0 atom stereocenters. The van der Waals surface area contributed by atoms with Gasteiger partial charge in [0.1, 0.15) is 0 Å². The SMILES string of the molecule is N.N.N#CNC(=N)N.O=C(O)O. The largest absolute Gasteiger partial charge is 0.503 e. The first-order valence-electron chi connectivity index (χ1n) is 1.91. The van der Waals surface area contributed by atoms with E-state index in [-0.39, 0.29) is 18.3 Å². The summed E-state index contributed by atoms with van der Waals surface area (Å²) in [5, 5.41) is 29.8. The van der Waals surface area contributed by atoms with Crippen molar-refractivity contribution in [3.05, 3.63) is 0 Å². The standard InChI is InChI=1S/C2H4N4.CH2O3.2H3N/c3-1-6-2(4)5;2-1(3)4;;/h(H4,4,5,6);(H2,2,3,4);2*1H3. The van der Waals surface area contributed by atoms with Crippen LogP contribution >= 0.6 is 0 Å². The van der Waals surface area contributed by atoms with Crippen molar-refractivity contribution in [2.45, 2.75) is 0 Å². The Hall–Kier alpha value is -2.05. The van der Waals surface area contributed by atoms with E-state index in [0.717, 1.165) is 0 Å². The number of guanidine groups is 1. The molecular formula is C3H12N6O3. The molecule has 12 heavy (non-hydrogen) atoms. The number of nitriles is 1. The maximum absolute atomic E-state index is 8.56. The minimum atomic E-state index is -1.83. The van der Waals surface area contributed by atoms with Crippen LogP contribution < -0.4 is 23.4 Å². The predicted octanol–water partition coefficient (Wildman–Crippen LogP) is -0.503. The third-order valence-corrected chi connectivity index (χ3v) is 0.191. The van der Waals surface area contributed by atoms with E-state index in [2.05, 4.69) is 5.73 Å². The van der Waals surface area contributed by atoms with Gasteiger partial charge in [0.15, 0.2) is 12.2 Å². The number of nitrogens with one attached hydrogen (secondary N) is 2. The van der Waals surface area contributed by atoms with Crippen molar-refractivity contribution in [1.82, 2.24) is 17.6 Å². The highest BCUT2D eigenvalue weighted by atomic mass is 16.6. The molecule has 0 aromatic carbocycles. The molecule has 12 N–H and O–H groups in total. The van der Waals surface area contributed by atoms with Crippen LogP contribution in [0.3, 0.4) is 0 Å². The zero-order valence-electron chi connectivity index (χ0n) is 6.24. The fourth-order valence-electron chi connectivity index (χ4n) is 0.0602. The van der Waals surface area contributed by atoms with E-state index >= 15 is 0 Å². The van der Waals surface area contributed by atoms with Gasteiger partial charge >= 0.3 is 6.16 Å². The number of hydrogen-bond acceptors (Lipinski definition) is 5. The van der Waals surface area contributed by atoms with E-state index in [1.807, 2.05) is 5.32 Å². The van der Waals surface area contributed by atoms with Gasteiger partial charge in [0.05, 0.1) is 0 Å². The lowest BCUT2D eigenvalue weighted by molar-refractivity contribution is 0.137. The summed E-state index contributed by atoms with van der Waals surface area (Å²) in [6.07, 6.45) is -0.366. The highest BCUT2D eigenvalue weighted by molar-refractivity contribution is 5.75. The van der Waals surface area contributed by atoms with Crippen LogP contribution in [0, 0.1) is 16.9 Å². The van der Waals surface area contributed by atoms with Gasteiger partial charge in [0.2, 0.25) is 0 Å². The van der Waals surface area contributed by atoms with Crippen LogP contribution in [0.25, 0.3) is 0 Å². The Labute approximate surface area is 68.5 Å². The molecule has 9 nitrogen and oxygen atoms in total. The van der Waals surface area contributed by atoms with Crippen molar-refractivity contribution in [3.8, 4) is 6.19 Å². The lowest BCUT2D eigenvalue weighted by Gasteiger charge is -1.82. The Morgan fingerprint density at radius 3 is 1.75 bits per heavy atom. The molecule has 0 spiro atoms. The molecule has 72 valence electrons. The second kappa shape index (κ2) is 16.0. The Morgan fingerprint density at radius 2 is 1.75 bits per heavy atom. The fourth-order valence-corrected chi connectivity index (χ4v) is 0.0602. The van der Waals surface area contributed by atoms with E-state index in [9.17, 15) is 0 Å². The molecule has 0 aliphatic heterocycles. The van der Waals surface area contributed by atoms with Gasteiger partial charge in [0, 0.05) is 0 Å². The summed E-state index contributed by atoms with van der Waals surface area (Å²) in [7, 11) is 0. The summed E-state index contributed by atoms with van der Waals surface area (Å²) in [6.45, 7) is 0. The average Bonchev–Trinajstić information content (AvgIpc) is 1.62. The van der Waals surface area contributed by atoms with Crippen molar-refractivity contribution in [1.29, 1.82) is 10.7 Å². The number of hydrogen-bond donors (Lipinski definition) is 7. The fraction of sp³-hybridized carbons (Fsp3) is 0. The zero-order valence-corrected chi connectivity index (χ0v) is 6.24. The lowest BCUT2D eigenvalue weighted by Crippen LogP contribution is -2.25. The number of nitrogens with zero attached hydrogens (tertiary/aromatic N) is 1. The smallest absolute Gasteiger partial charge is 0.450 e. The Morgan fingerprint density at radius 1 is 1.50 bits per heavy atom. The van der Waals surface area contributed by atoms with Crippen molar-refractivity contribution < 1.29 is 15.0 Å². The summed E-state index contributed by atoms with van der Waals surface area (Å²) in [5.41, 5.74) is 4.65. The van der Waals surface area contributed by atoms with Crippen LogP contribution in [0.1, 0.15) is 0 Å². The van der Waals surface area contributed by atoms with Gasteiger partial charge in [-0.2, -0.15) is 5.26 Å². The highest BCUT2D eigenvalue weighted by Crippen LogP contribution is 1.42. The monoisotopic (exact) mass is 180 g/mol. The van der Waals surface area contributed by atoms with E-state index in [0.29, 0.717) is 0 Å². The van der Waals surface area contributed by atoms with Crippen molar-refractivity contribution in [2.24, 2.45) is 5.73 Å². The minimum absolute atomic E-state index is 0. The van der Waals surface area contributed by atoms with E-state index in [1.165, 1.54) is 6.19 Å². The average molecular weight is 180 g/mol. The van der Waals surface area contributed by atoms with E-state index < -0.39 is 6.16 Å². The van der Waals surface area contributed by atoms with Gasteiger partial charge in [0.25, 0.3) is 0 Å². The Balaban J connectivity index is -0.0000000483. The molecule has 0 aliphatic carbocycles. The van der Waals surface area contributed by atoms with Crippen LogP contribution in [-0.2, 0) is 0 Å². The molecule has 0 rings (SSSR count). The number of nitrogens with two attached hydrogens (primary N) is 1.